The maximum absolute atomic E-state index is 12.2. The lowest BCUT2D eigenvalue weighted by atomic mass is 10.2. The standard InChI is InChI=1S/C17H20F2N4OS/c18-15(19)11-24-14-3-1-2-13(8-14)10-20-16-9-17(22-12-21-16)23-4-6-25-7-5-23/h1-3,8-9,12,15H,4-7,10-11H2,(H,20,21,22). The Bertz CT molecular complexity index is 683. The largest absolute Gasteiger partial charge is 0.488 e. The minimum absolute atomic E-state index is 0.439. The van der Waals surface area contributed by atoms with E-state index in [9.17, 15) is 8.78 Å². The molecule has 5 nitrogen and oxygen atoms in total. The molecule has 0 spiro atoms. The van der Waals surface area contributed by atoms with Gasteiger partial charge < -0.3 is 15.0 Å². The summed E-state index contributed by atoms with van der Waals surface area (Å²) in [5, 5.41) is 3.25. The van der Waals surface area contributed by atoms with Crippen LogP contribution in [-0.4, -0.2) is 47.6 Å². The van der Waals surface area contributed by atoms with Gasteiger partial charge in [-0.15, -0.1) is 0 Å². The maximum atomic E-state index is 12.2. The molecule has 2 aromatic rings. The Hall–Kier alpha value is -2.09. The summed E-state index contributed by atoms with van der Waals surface area (Å²) in [5.41, 5.74) is 0.932. The summed E-state index contributed by atoms with van der Waals surface area (Å²) in [7, 11) is 0. The van der Waals surface area contributed by atoms with Crippen LogP contribution < -0.4 is 15.0 Å². The van der Waals surface area contributed by atoms with E-state index in [-0.39, 0.29) is 0 Å². The van der Waals surface area contributed by atoms with Crippen LogP contribution in [0.15, 0.2) is 36.7 Å². The molecule has 3 rings (SSSR count). The zero-order valence-electron chi connectivity index (χ0n) is 13.7. The van der Waals surface area contributed by atoms with Gasteiger partial charge in [0.1, 0.15) is 30.3 Å². The van der Waals surface area contributed by atoms with E-state index < -0.39 is 13.0 Å². The summed E-state index contributed by atoms with van der Waals surface area (Å²) in [4.78, 5) is 10.8. The van der Waals surface area contributed by atoms with Crippen molar-refractivity contribution in [2.24, 2.45) is 0 Å². The van der Waals surface area contributed by atoms with Crippen molar-refractivity contribution in [1.82, 2.24) is 9.97 Å². The first-order valence-electron chi connectivity index (χ1n) is 8.09. The second-order valence-electron chi connectivity index (χ2n) is 5.56. The van der Waals surface area contributed by atoms with Crippen molar-refractivity contribution in [2.75, 3.05) is 41.4 Å². The Kier molecular flexibility index (Phi) is 6.27. The van der Waals surface area contributed by atoms with Gasteiger partial charge in [-0.2, -0.15) is 11.8 Å². The Labute approximate surface area is 149 Å². The molecule has 134 valence electrons. The highest BCUT2D eigenvalue weighted by atomic mass is 32.2. The molecule has 0 unspecified atom stereocenters. The van der Waals surface area contributed by atoms with E-state index in [1.54, 1.807) is 24.5 Å². The van der Waals surface area contributed by atoms with Crippen molar-refractivity contribution in [3.63, 3.8) is 0 Å². The topological polar surface area (TPSA) is 50.3 Å². The van der Waals surface area contributed by atoms with E-state index in [2.05, 4.69) is 20.2 Å². The number of alkyl halides is 2. The van der Waals surface area contributed by atoms with Gasteiger partial charge in [-0.3, -0.25) is 0 Å². The molecule has 1 aliphatic heterocycles. The molecule has 1 aliphatic rings. The average Bonchev–Trinajstić information content (AvgIpc) is 2.66. The molecular weight excluding hydrogens is 346 g/mol. The zero-order chi connectivity index (χ0) is 17.5. The molecule has 1 aromatic heterocycles. The number of nitrogens with zero attached hydrogens (tertiary/aromatic N) is 3. The molecule has 0 radical (unpaired) electrons. The molecule has 8 heteroatoms. The summed E-state index contributed by atoms with van der Waals surface area (Å²) in [6.07, 6.45) is -0.920. The fraction of sp³-hybridized carbons (Fsp3) is 0.412. The molecule has 25 heavy (non-hydrogen) atoms. The summed E-state index contributed by atoms with van der Waals surface area (Å²) >= 11 is 1.95. The Balaban J connectivity index is 1.59. The van der Waals surface area contributed by atoms with Crippen molar-refractivity contribution in [3.8, 4) is 5.75 Å². The first kappa shape index (κ1) is 17.7. The lowest BCUT2D eigenvalue weighted by Gasteiger charge is -2.27. The highest BCUT2D eigenvalue weighted by Gasteiger charge is 2.13. The van der Waals surface area contributed by atoms with Gasteiger partial charge in [0.2, 0.25) is 0 Å². The van der Waals surface area contributed by atoms with Gasteiger partial charge in [0, 0.05) is 37.2 Å². The molecule has 0 saturated carbocycles. The van der Waals surface area contributed by atoms with Crippen molar-refractivity contribution >= 4 is 23.4 Å². The fourth-order valence-electron chi connectivity index (χ4n) is 2.51. The first-order chi connectivity index (χ1) is 12.2. The van der Waals surface area contributed by atoms with Crippen molar-refractivity contribution in [3.05, 3.63) is 42.2 Å². The second-order valence-corrected chi connectivity index (χ2v) is 6.79. The van der Waals surface area contributed by atoms with Gasteiger partial charge in [0.05, 0.1) is 0 Å². The Morgan fingerprint density at radius 3 is 2.84 bits per heavy atom. The van der Waals surface area contributed by atoms with Crippen LogP contribution in [0.4, 0.5) is 20.4 Å². The van der Waals surface area contributed by atoms with Crippen LogP contribution >= 0.6 is 11.8 Å². The smallest absolute Gasteiger partial charge is 0.272 e. The van der Waals surface area contributed by atoms with Crippen LogP contribution in [0, 0.1) is 0 Å². The third kappa shape index (κ3) is 5.45. The van der Waals surface area contributed by atoms with Crippen LogP contribution in [0.2, 0.25) is 0 Å². The molecule has 0 bridgehead atoms. The normalized spacial score (nSPS) is 14.6. The molecule has 1 saturated heterocycles. The van der Waals surface area contributed by atoms with Gasteiger partial charge in [-0.1, -0.05) is 12.1 Å². The summed E-state index contributed by atoms with van der Waals surface area (Å²) in [6, 6.07) is 9.05. The highest BCUT2D eigenvalue weighted by molar-refractivity contribution is 7.99. The number of nitrogens with one attached hydrogen (secondary N) is 1. The van der Waals surface area contributed by atoms with E-state index in [0.717, 1.165) is 41.8 Å². The van der Waals surface area contributed by atoms with Crippen LogP contribution in [0.5, 0.6) is 5.75 Å². The quantitative estimate of drug-likeness (QED) is 0.812. The van der Waals surface area contributed by atoms with Gasteiger partial charge in [0.25, 0.3) is 6.43 Å². The molecule has 0 amide bonds. The monoisotopic (exact) mass is 366 g/mol. The average molecular weight is 366 g/mol. The SMILES string of the molecule is FC(F)COc1cccc(CNc2cc(N3CCSCC3)ncn2)c1. The van der Waals surface area contributed by atoms with E-state index in [4.69, 9.17) is 4.74 Å². The van der Waals surface area contributed by atoms with Gasteiger partial charge >= 0.3 is 0 Å². The minimum atomic E-state index is -2.48. The lowest BCUT2D eigenvalue weighted by Crippen LogP contribution is -2.33. The lowest BCUT2D eigenvalue weighted by molar-refractivity contribution is 0.0818. The molecule has 1 aromatic carbocycles. The van der Waals surface area contributed by atoms with Gasteiger partial charge in [-0.05, 0) is 17.7 Å². The number of anilines is 2. The number of rotatable bonds is 7. The number of thioether (sulfide) groups is 1. The highest BCUT2D eigenvalue weighted by Crippen LogP contribution is 2.20. The number of aromatic nitrogens is 2. The van der Waals surface area contributed by atoms with E-state index in [0.29, 0.717) is 12.3 Å². The van der Waals surface area contributed by atoms with E-state index in [1.165, 1.54) is 0 Å². The molecule has 1 N–H and O–H groups in total. The third-order valence-corrected chi connectivity index (χ3v) is 4.68. The van der Waals surface area contributed by atoms with Gasteiger partial charge in [0.15, 0.2) is 0 Å². The van der Waals surface area contributed by atoms with Crippen molar-refractivity contribution < 1.29 is 13.5 Å². The number of ether oxygens (including phenoxy) is 1. The summed E-state index contributed by atoms with van der Waals surface area (Å²) in [6.45, 7) is 1.91. The van der Waals surface area contributed by atoms with Crippen LogP contribution in [0.3, 0.4) is 0 Å². The van der Waals surface area contributed by atoms with Crippen LogP contribution in [0.1, 0.15) is 5.56 Å². The first-order valence-corrected chi connectivity index (χ1v) is 9.25. The number of hydrogen-bond donors (Lipinski definition) is 1. The van der Waals surface area contributed by atoms with Crippen LogP contribution in [0.25, 0.3) is 0 Å². The van der Waals surface area contributed by atoms with E-state index in [1.807, 2.05) is 23.9 Å². The molecular formula is C17H20F2N4OS. The Morgan fingerprint density at radius 2 is 2.04 bits per heavy atom. The Morgan fingerprint density at radius 1 is 1.20 bits per heavy atom. The summed E-state index contributed by atoms with van der Waals surface area (Å²) in [5.74, 6) is 4.32. The number of benzene rings is 1. The molecule has 0 aliphatic carbocycles. The molecule has 0 atom stereocenters. The second kappa shape index (κ2) is 8.84. The van der Waals surface area contributed by atoms with Gasteiger partial charge in [-0.25, -0.2) is 18.7 Å². The van der Waals surface area contributed by atoms with Crippen LogP contribution in [-0.2, 0) is 6.54 Å². The van der Waals surface area contributed by atoms with E-state index >= 15 is 0 Å². The minimum Gasteiger partial charge on any atom is -0.488 e. The summed E-state index contributed by atoms with van der Waals surface area (Å²) < 4.78 is 29.5. The van der Waals surface area contributed by atoms with Crippen molar-refractivity contribution in [2.45, 2.75) is 13.0 Å². The maximum Gasteiger partial charge on any atom is 0.272 e. The number of hydrogen-bond acceptors (Lipinski definition) is 6. The van der Waals surface area contributed by atoms with Crippen molar-refractivity contribution in [1.29, 1.82) is 0 Å². The third-order valence-electron chi connectivity index (χ3n) is 3.74. The molecule has 1 fully saturated rings. The fourth-order valence-corrected chi connectivity index (χ4v) is 3.41. The zero-order valence-corrected chi connectivity index (χ0v) is 14.5. The molecule has 2 heterocycles. The predicted octanol–water partition coefficient (Wildman–Crippen LogP) is 3.29. The number of halogens is 2. The predicted molar refractivity (Wildman–Crippen MR) is 96.8 cm³/mol.